The molecule has 1 aromatic heterocycles. The Balaban J connectivity index is 1.57. The number of carbonyl (C=O) groups excluding carboxylic acids is 3. The van der Waals surface area contributed by atoms with E-state index in [2.05, 4.69) is 15.6 Å². The molecule has 10 nitrogen and oxygen atoms in total. The number of amides is 4. The highest BCUT2D eigenvalue weighted by Gasteiger charge is 2.33. The number of nitrogens with zero attached hydrogens (tertiary/aromatic N) is 1. The zero-order chi connectivity index (χ0) is 29.3. The second-order valence-corrected chi connectivity index (χ2v) is 9.02. The van der Waals surface area contributed by atoms with Crippen molar-refractivity contribution in [3.05, 3.63) is 77.1 Å². The van der Waals surface area contributed by atoms with Crippen molar-refractivity contribution in [3.63, 3.8) is 0 Å². The van der Waals surface area contributed by atoms with E-state index in [-0.39, 0.29) is 18.5 Å². The van der Waals surface area contributed by atoms with E-state index >= 15 is 0 Å². The molecule has 3 aromatic rings. The molecule has 0 aliphatic rings. The Morgan fingerprint density at radius 3 is 2.33 bits per heavy atom. The Hall–Kier alpha value is -4.36. The zero-order valence-corrected chi connectivity index (χ0v) is 21.6. The van der Waals surface area contributed by atoms with Crippen molar-refractivity contribution in [2.24, 2.45) is 11.7 Å². The minimum Gasteiger partial charge on any atom is -0.457 e. The fourth-order valence-electron chi connectivity index (χ4n) is 3.65. The fraction of sp³-hybridized carbons (Fsp3) is 0.231. The van der Waals surface area contributed by atoms with Gasteiger partial charge in [0.05, 0.1) is 10.6 Å². The van der Waals surface area contributed by atoms with Crippen LogP contribution in [-0.4, -0.2) is 28.0 Å². The van der Waals surface area contributed by atoms with Gasteiger partial charge in [0.25, 0.3) is 0 Å². The van der Waals surface area contributed by atoms with Gasteiger partial charge in [-0.2, -0.15) is 13.2 Å². The number of halogens is 4. The SMILES string of the molecule is NC(=O)C(CCCC(=O)NO)Cc1cc(Oc2ccc(NC(=O)Nc3ccc(Cl)c(C(F)(F)F)c3)cc2)ccn1. The summed E-state index contributed by atoms with van der Waals surface area (Å²) in [5, 5.41) is 12.9. The van der Waals surface area contributed by atoms with Gasteiger partial charge in [0.2, 0.25) is 11.8 Å². The van der Waals surface area contributed by atoms with Crippen molar-refractivity contribution >= 4 is 40.8 Å². The monoisotopic (exact) mass is 579 g/mol. The maximum absolute atomic E-state index is 13.0. The zero-order valence-electron chi connectivity index (χ0n) is 20.8. The van der Waals surface area contributed by atoms with Crippen LogP contribution >= 0.6 is 11.6 Å². The molecule has 0 radical (unpaired) electrons. The highest BCUT2D eigenvalue weighted by atomic mass is 35.5. The Kier molecular flexibility index (Phi) is 10.3. The van der Waals surface area contributed by atoms with E-state index in [4.69, 9.17) is 27.3 Å². The van der Waals surface area contributed by atoms with Crippen LogP contribution in [0.4, 0.5) is 29.3 Å². The Morgan fingerprint density at radius 1 is 1.00 bits per heavy atom. The smallest absolute Gasteiger partial charge is 0.417 e. The summed E-state index contributed by atoms with van der Waals surface area (Å²) in [7, 11) is 0. The number of carbonyl (C=O) groups is 3. The van der Waals surface area contributed by atoms with E-state index in [1.165, 1.54) is 29.9 Å². The third-order valence-corrected chi connectivity index (χ3v) is 5.93. The molecule has 40 heavy (non-hydrogen) atoms. The van der Waals surface area contributed by atoms with E-state index in [9.17, 15) is 27.6 Å². The molecule has 1 heterocycles. The number of nitrogens with two attached hydrogens (primary N) is 1. The van der Waals surface area contributed by atoms with Gasteiger partial charge >= 0.3 is 12.2 Å². The number of aromatic nitrogens is 1. The lowest BCUT2D eigenvalue weighted by Gasteiger charge is -2.14. The number of hydrogen-bond donors (Lipinski definition) is 5. The predicted molar refractivity (Wildman–Crippen MR) is 140 cm³/mol. The van der Waals surface area contributed by atoms with Crippen LogP contribution in [0, 0.1) is 5.92 Å². The van der Waals surface area contributed by atoms with Crippen molar-refractivity contribution in [2.75, 3.05) is 10.6 Å². The number of pyridine rings is 1. The van der Waals surface area contributed by atoms with Gasteiger partial charge in [0.15, 0.2) is 0 Å². The van der Waals surface area contributed by atoms with Gasteiger partial charge in [-0.25, -0.2) is 10.3 Å². The van der Waals surface area contributed by atoms with E-state index in [1.807, 2.05) is 0 Å². The third-order valence-electron chi connectivity index (χ3n) is 5.60. The number of urea groups is 1. The first-order chi connectivity index (χ1) is 18.9. The number of hydroxylamine groups is 1. The molecule has 0 aliphatic carbocycles. The van der Waals surface area contributed by atoms with Crippen LogP contribution in [0.1, 0.15) is 30.5 Å². The summed E-state index contributed by atoms with van der Waals surface area (Å²) < 4.78 is 44.9. The Labute approximate surface area is 231 Å². The summed E-state index contributed by atoms with van der Waals surface area (Å²) >= 11 is 5.59. The van der Waals surface area contributed by atoms with Gasteiger partial charge in [0, 0.05) is 48.1 Å². The number of primary amides is 1. The van der Waals surface area contributed by atoms with E-state index in [1.54, 1.807) is 24.3 Å². The number of anilines is 2. The number of rotatable bonds is 11. The molecule has 4 amide bonds. The van der Waals surface area contributed by atoms with Crippen LogP contribution in [0.15, 0.2) is 60.8 Å². The maximum Gasteiger partial charge on any atom is 0.417 e. The molecule has 0 saturated carbocycles. The van der Waals surface area contributed by atoms with Crippen LogP contribution in [0.2, 0.25) is 5.02 Å². The molecule has 0 aliphatic heterocycles. The Bertz CT molecular complexity index is 1360. The second kappa shape index (κ2) is 13.6. The van der Waals surface area contributed by atoms with Crippen molar-refractivity contribution in [1.29, 1.82) is 0 Å². The van der Waals surface area contributed by atoms with Crippen molar-refractivity contribution in [3.8, 4) is 11.5 Å². The van der Waals surface area contributed by atoms with Crippen LogP contribution in [0.3, 0.4) is 0 Å². The number of hydrogen-bond acceptors (Lipinski definition) is 6. The van der Waals surface area contributed by atoms with Crippen molar-refractivity contribution < 1.29 is 37.5 Å². The molecule has 14 heteroatoms. The van der Waals surface area contributed by atoms with Crippen LogP contribution in [0.25, 0.3) is 0 Å². The molecule has 6 N–H and O–H groups in total. The average molecular weight is 580 g/mol. The quantitative estimate of drug-likeness (QED) is 0.149. The van der Waals surface area contributed by atoms with Gasteiger partial charge in [-0.3, -0.25) is 19.8 Å². The first-order valence-electron chi connectivity index (χ1n) is 11.8. The first kappa shape index (κ1) is 30.2. The molecule has 1 atom stereocenters. The molecule has 0 bridgehead atoms. The topological polar surface area (TPSA) is 156 Å². The third kappa shape index (κ3) is 9.13. The predicted octanol–water partition coefficient (Wildman–Crippen LogP) is 5.51. The van der Waals surface area contributed by atoms with Gasteiger partial charge in [0.1, 0.15) is 11.5 Å². The minimum atomic E-state index is -4.67. The fourth-order valence-corrected chi connectivity index (χ4v) is 3.87. The normalized spacial score (nSPS) is 11.8. The van der Waals surface area contributed by atoms with Gasteiger partial charge in [-0.05, 0) is 61.4 Å². The summed E-state index contributed by atoms with van der Waals surface area (Å²) in [6.07, 6.45) is -2.21. The molecule has 0 saturated heterocycles. The Morgan fingerprint density at radius 2 is 1.68 bits per heavy atom. The highest BCUT2D eigenvalue weighted by Crippen LogP contribution is 2.36. The molecular weight excluding hydrogens is 555 g/mol. The average Bonchev–Trinajstić information content (AvgIpc) is 2.89. The highest BCUT2D eigenvalue weighted by molar-refractivity contribution is 6.31. The van der Waals surface area contributed by atoms with Crippen molar-refractivity contribution in [2.45, 2.75) is 31.9 Å². The van der Waals surface area contributed by atoms with Gasteiger partial charge < -0.3 is 21.1 Å². The number of nitrogens with one attached hydrogen (secondary N) is 3. The molecule has 0 spiro atoms. The lowest BCUT2D eigenvalue weighted by molar-refractivity contribution is -0.137. The van der Waals surface area contributed by atoms with Crippen LogP contribution in [-0.2, 0) is 22.2 Å². The summed E-state index contributed by atoms with van der Waals surface area (Å²) in [4.78, 5) is 39.5. The van der Waals surface area contributed by atoms with Gasteiger partial charge in [-0.1, -0.05) is 11.6 Å². The molecule has 0 fully saturated rings. The second-order valence-electron chi connectivity index (χ2n) is 8.61. The largest absolute Gasteiger partial charge is 0.457 e. The molecule has 212 valence electrons. The minimum absolute atomic E-state index is 0.0451. The summed E-state index contributed by atoms with van der Waals surface area (Å²) in [5.74, 6) is -0.827. The summed E-state index contributed by atoms with van der Waals surface area (Å²) in [6.45, 7) is 0. The molecule has 2 aromatic carbocycles. The standard InChI is InChI=1S/C26H25ClF3N5O5/c27-22-9-6-17(14-21(22)26(28,29)30)34-25(38)33-16-4-7-19(8-5-16)40-20-10-11-32-18(13-20)12-15(24(31)37)2-1-3-23(36)35-39/h4-11,13-15,39H,1-3,12H2,(H2,31,37)(H,35,36)(H2,33,34,38). The molecule has 1 unspecified atom stereocenters. The maximum atomic E-state index is 13.0. The van der Waals surface area contributed by atoms with Crippen molar-refractivity contribution in [1.82, 2.24) is 10.5 Å². The van der Waals surface area contributed by atoms with Crippen LogP contribution < -0.4 is 26.6 Å². The molecule has 3 rings (SSSR count). The summed E-state index contributed by atoms with van der Waals surface area (Å²) in [5.41, 5.74) is 6.76. The number of alkyl halides is 3. The molecular formula is C26H25ClF3N5O5. The van der Waals surface area contributed by atoms with E-state index in [0.29, 0.717) is 35.7 Å². The lowest BCUT2D eigenvalue weighted by atomic mass is 9.95. The number of benzene rings is 2. The van der Waals surface area contributed by atoms with E-state index in [0.717, 1.165) is 12.1 Å². The lowest BCUT2D eigenvalue weighted by Crippen LogP contribution is -2.26. The van der Waals surface area contributed by atoms with Gasteiger partial charge in [-0.15, -0.1) is 0 Å². The first-order valence-corrected chi connectivity index (χ1v) is 12.2. The number of ether oxygens (including phenoxy) is 1. The van der Waals surface area contributed by atoms with Crippen LogP contribution in [0.5, 0.6) is 11.5 Å². The summed E-state index contributed by atoms with van der Waals surface area (Å²) in [6, 6.07) is 11.7. The van der Waals surface area contributed by atoms with E-state index < -0.39 is 40.5 Å².